The summed E-state index contributed by atoms with van der Waals surface area (Å²) in [6, 6.07) is 9.23. The van der Waals surface area contributed by atoms with E-state index in [4.69, 9.17) is 0 Å². The van der Waals surface area contributed by atoms with E-state index in [1.165, 1.54) is 31.4 Å². The Balaban J connectivity index is 1.67. The molecule has 0 amide bonds. The molecule has 1 saturated heterocycles. The number of hydrogen-bond donors (Lipinski definition) is 1. The Morgan fingerprint density at radius 1 is 1.22 bits per heavy atom. The monoisotopic (exact) mass is 242 g/mol. The molecule has 0 saturated carbocycles. The highest BCUT2D eigenvalue weighted by atomic mass is 15.4. The summed E-state index contributed by atoms with van der Waals surface area (Å²) in [4.78, 5) is 0. The Labute approximate surface area is 107 Å². The van der Waals surface area contributed by atoms with E-state index in [1.54, 1.807) is 10.9 Å². The highest BCUT2D eigenvalue weighted by Gasteiger charge is 2.12. The molecule has 1 N–H and O–H groups in total. The quantitative estimate of drug-likeness (QED) is 0.894. The summed E-state index contributed by atoms with van der Waals surface area (Å²) < 4.78 is 1.78. The first kappa shape index (κ1) is 11.4. The van der Waals surface area contributed by atoms with Crippen LogP contribution in [0, 0.1) is 0 Å². The van der Waals surface area contributed by atoms with Crippen LogP contribution in [-0.2, 0) is 6.42 Å². The van der Waals surface area contributed by atoms with Gasteiger partial charge in [0.2, 0.25) is 0 Å². The van der Waals surface area contributed by atoms with Gasteiger partial charge in [-0.15, -0.1) is 5.10 Å². The molecule has 0 radical (unpaired) electrons. The molecule has 1 aromatic carbocycles. The van der Waals surface area contributed by atoms with E-state index in [9.17, 15) is 0 Å². The van der Waals surface area contributed by atoms with Gasteiger partial charge in [0.15, 0.2) is 0 Å². The standard InChI is InChI=1S/C14H18N4/c1-2-8-15-13(3-1)11-12-4-6-14(7-5-12)18-10-9-16-17-18/h4-7,9-10,13,15H,1-3,8,11H2. The van der Waals surface area contributed by atoms with Crippen LogP contribution >= 0.6 is 0 Å². The summed E-state index contributed by atoms with van der Waals surface area (Å²) in [5.74, 6) is 0. The number of rotatable bonds is 3. The maximum Gasteiger partial charge on any atom is 0.0697 e. The van der Waals surface area contributed by atoms with Crippen molar-refractivity contribution in [2.75, 3.05) is 6.54 Å². The van der Waals surface area contributed by atoms with Gasteiger partial charge in [0, 0.05) is 6.04 Å². The van der Waals surface area contributed by atoms with E-state index < -0.39 is 0 Å². The fraction of sp³-hybridized carbons (Fsp3) is 0.429. The first-order valence-electron chi connectivity index (χ1n) is 6.61. The van der Waals surface area contributed by atoms with Crippen molar-refractivity contribution in [1.82, 2.24) is 20.3 Å². The molecule has 0 bridgehead atoms. The van der Waals surface area contributed by atoms with Crippen molar-refractivity contribution in [2.24, 2.45) is 0 Å². The van der Waals surface area contributed by atoms with Crippen molar-refractivity contribution in [1.29, 1.82) is 0 Å². The molecule has 18 heavy (non-hydrogen) atoms. The van der Waals surface area contributed by atoms with Gasteiger partial charge in [-0.05, 0) is 43.5 Å². The van der Waals surface area contributed by atoms with Gasteiger partial charge in [-0.1, -0.05) is 23.8 Å². The molecule has 0 spiro atoms. The normalized spacial score (nSPS) is 19.9. The Bertz CT molecular complexity index is 469. The molecule has 1 aliphatic rings. The molecule has 1 aliphatic heterocycles. The highest BCUT2D eigenvalue weighted by molar-refractivity contribution is 5.33. The number of aromatic nitrogens is 3. The van der Waals surface area contributed by atoms with Gasteiger partial charge in [-0.25, -0.2) is 4.68 Å². The van der Waals surface area contributed by atoms with E-state index in [-0.39, 0.29) is 0 Å². The Morgan fingerprint density at radius 2 is 2.11 bits per heavy atom. The average molecular weight is 242 g/mol. The molecule has 1 aromatic heterocycles. The molecule has 1 fully saturated rings. The van der Waals surface area contributed by atoms with Crippen LogP contribution in [0.1, 0.15) is 24.8 Å². The fourth-order valence-electron chi connectivity index (χ4n) is 2.51. The van der Waals surface area contributed by atoms with E-state index in [0.29, 0.717) is 6.04 Å². The van der Waals surface area contributed by atoms with E-state index >= 15 is 0 Å². The van der Waals surface area contributed by atoms with Crippen LogP contribution < -0.4 is 5.32 Å². The van der Waals surface area contributed by atoms with E-state index in [1.807, 2.05) is 6.20 Å². The third-order valence-electron chi connectivity index (χ3n) is 3.52. The number of hydrogen-bond acceptors (Lipinski definition) is 3. The van der Waals surface area contributed by atoms with Crippen molar-refractivity contribution >= 4 is 0 Å². The van der Waals surface area contributed by atoms with Crippen LogP contribution in [0.25, 0.3) is 5.69 Å². The van der Waals surface area contributed by atoms with E-state index in [2.05, 4.69) is 39.9 Å². The van der Waals surface area contributed by atoms with Gasteiger partial charge >= 0.3 is 0 Å². The molecule has 94 valence electrons. The van der Waals surface area contributed by atoms with E-state index in [0.717, 1.165) is 12.1 Å². The lowest BCUT2D eigenvalue weighted by atomic mass is 9.98. The van der Waals surface area contributed by atoms with Crippen LogP contribution in [-0.4, -0.2) is 27.6 Å². The summed E-state index contributed by atoms with van der Waals surface area (Å²) >= 11 is 0. The number of nitrogens with zero attached hydrogens (tertiary/aromatic N) is 3. The molecule has 0 aliphatic carbocycles. The fourth-order valence-corrected chi connectivity index (χ4v) is 2.51. The van der Waals surface area contributed by atoms with Crippen LogP contribution in [0.15, 0.2) is 36.7 Å². The van der Waals surface area contributed by atoms with Gasteiger partial charge in [0.25, 0.3) is 0 Å². The second-order valence-electron chi connectivity index (χ2n) is 4.87. The van der Waals surface area contributed by atoms with Crippen molar-refractivity contribution < 1.29 is 0 Å². The van der Waals surface area contributed by atoms with Gasteiger partial charge in [-0.2, -0.15) is 0 Å². The minimum absolute atomic E-state index is 0.649. The Kier molecular flexibility index (Phi) is 3.37. The van der Waals surface area contributed by atoms with Crippen LogP contribution in [0.4, 0.5) is 0 Å². The largest absolute Gasteiger partial charge is 0.314 e. The molecule has 1 atom stereocenters. The van der Waals surface area contributed by atoms with Gasteiger partial charge in [-0.3, -0.25) is 0 Å². The van der Waals surface area contributed by atoms with Gasteiger partial charge in [0.05, 0.1) is 18.1 Å². The van der Waals surface area contributed by atoms with Crippen molar-refractivity contribution in [3.63, 3.8) is 0 Å². The molecule has 4 heteroatoms. The molecule has 1 unspecified atom stereocenters. The maximum atomic E-state index is 3.99. The summed E-state index contributed by atoms with van der Waals surface area (Å²) in [5, 5.41) is 11.4. The second-order valence-corrected chi connectivity index (χ2v) is 4.87. The third-order valence-corrected chi connectivity index (χ3v) is 3.52. The zero-order chi connectivity index (χ0) is 12.2. The summed E-state index contributed by atoms with van der Waals surface area (Å²) in [7, 11) is 0. The summed E-state index contributed by atoms with van der Waals surface area (Å²) in [6.07, 6.45) is 8.65. The lowest BCUT2D eigenvalue weighted by Gasteiger charge is -2.23. The lowest BCUT2D eigenvalue weighted by molar-refractivity contribution is 0.399. The number of nitrogens with one attached hydrogen (secondary N) is 1. The van der Waals surface area contributed by atoms with Gasteiger partial charge in [0.1, 0.15) is 0 Å². The van der Waals surface area contributed by atoms with Gasteiger partial charge < -0.3 is 5.32 Å². The minimum Gasteiger partial charge on any atom is -0.314 e. The molecular formula is C14H18N4. The number of benzene rings is 1. The summed E-state index contributed by atoms with van der Waals surface area (Å²) in [5.41, 5.74) is 2.45. The lowest BCUT2D eigenvalue weighted by Crippen LogP contribution is -2.35. The average Bonchev–Trinajstić information content (AvgIpc) is 2.95. The number of piperidine rings is 1. The van der Waals surface area contributed by atoms with Crippen molar-refractivity contribution in [3.8, 4) is 5.69 Å². The zero-order valence-electron chi connectivity index (χ0n) is 10.4. The van der Waals surface area contributed by atoms with Crippen molar-refractivity contribution in [3.05, 3.63) is 42.2 Å². The molecule has 2 heterocycles. The Morgan fingerprint density at radius 3 is 2.78 bits per heavy atom. The third kappa shape index (κ3) is 2.59. The molecule has 3 rings (SSSR count). The predicted octanol–water partition coefficient (Wildman–Crippen LogP) is 1.95. The minimum atomic E-state index is 0.649. The molecule has 4 nitrogen and oxygen atoms in total. The summed E-state index contributed by atoms with van der Waals surface area (Å²) in [6.45, 7) is 1.17. The van der Waals surface area contributed by atoms with Crippen LogP contribution in [0.2, 0.25) is 0 Å². The smallest absolute Gasteiger partial charge is 0.0697 e. The maximum absolute atomic E-state index is 3.99. The molecule has 2 aromatic rings. The van der Waals surface area contributed by atoms with Crippen LogP contribution in [0.3, 0.4) is 0 Å². The predicted molar refractivity (Wildman–Crippen MR) is 70.7 cm³/mol. The van der Waals surface area contributed by atoms with Crippen LogP contribution in [0.5, 0.6) is 0 Å². The topological polar surface area (TPSA) is 42.7 Å². The molecular weight excluding hydrogens is 224 g/mol. The second kappa shape index (κ2) is 5.31. The SMILES string of the molecule is c1cn(-c2ccc(CC3CCCCN3)cc2)nn1. The first-order valence-corrected chi connectivity index (χ1v) is 6.61. The first-order chi connectivity index (χ1) is 8.92. The zero-order valence-corrected chi connectivity index (χ0v) is 10.4. The Hall–Kier alpha value is -1.68. The highest BCUT2D eigenvalue weighted by Crippen LogP contribution is 2.14. The van der Waals surface area contributed by atoms with Crippen molar-refractivity contribution in [2.45, 2.75) is 31.7 Å².